The van der Waals surface area contributed by atoms with Crippen molar-refractivity contribution in [2.75, 3.05) is 44.7 Å². The number of likely N-dealkylation sites (N-methyl/N-ethyl adjacent to an activating group) is 1. The number of nitro groups is 1. The maximum Gasteiger partial charge on any atom is 0.312 e. The van der Waals surface area contributed by atoms with Crippen LogP contribution in [0.2, 0.25) is 0 Å². The lowest BCUT2D eigenvalue weighted by molar-refractivity contribution is -0.385. The van der Waals surface area contributed by atoms with E-state index in [9.17, 15) is 15.2 Å². The molecule has 122 valence electrons. The van der Waals surface area contributed by atoms with E-state index in [4.69, 9.17) is 4.74 Å². The maximum atomic E-state index is 11.3. The highest BCUT2D eigenvalue weighted by Crippen LogP contribution is 2.32. The highest BCUT2D eigenvalue weighted by molar-refractivity contribution is 5.60. The fourth-order valence-electron chi connectivity index (χ4n) is 2.29. The van der Waals surface area contributed by atoms with Gasteiger partial charge in [0.2, 0.25) is 0 Å². The van der Waals surface area contributed by atoms with Gasteiger partial charge in [0.1, 0.15) is 6.61 Å². The minimum Gasteiger partial charge on any atom is -0.484 e. The molecule has 1 aliphatic rings. The van der Waals surface area contributed by atoms with E-state index < -0.39 is 10.5 Å². The number of nitro benzene ring substituents is 1. The minimum atomic E-state index is -1.04. The van der Waals surface area contributed by atoms with Crippen LogP contribution in [0, 0.1) is 10.1 Å². The Bertz CT molecular complexity index is 534. The summed E-state index contributed by atoms with van der Waals surface area (Å²) in [5, 5.41) is 21.0. The van der Waals surface area contributed by atoms with Crippen LogP contribution in [0.25, 0.3) is 0 Å². The molecule has 7 nitrogen and oxygen atoms in total. The topological polar surface area (TPSA) is 79.1 Å². The van der Waals surface area contributed by atoms with Gasteiger partial charge in [0.15, 0.2) is 5.75 Å². The van der Waals surface area contributed by atoms with Crippen LogP contribution in [0.15, 0.2) is 18.2 Å². The summed E-state index contributed by atoms with van der Waals surface area (Å²) >= 11 is 0. The Kier molecular flexibility index (Phi) is 4.87. The Morgan fingerprint density at radius 3 is 2.50 bits per heavy atom. The second-order valence-corrected chi connectivity index (χ2v) is 6.30. The lowest BCUT2D eigenvalue weighted by Crippen LogP contribution is -2.44. The molecule has 0 aromatic heterocycles. The fraction of sp³-hybridized carbons (Fsp3) is 0.600. The third-order valence-corrected chi connectivity index (χ3v) is 3.59. The second-order valence-electron chi connectivity index (χ2n) is 6.30. The summed E-state index contributed by atoms with van der Waals surface area (Å²) in [4.78, 5) is 15.2. The van der Waals surface area contributed by atoms with Crippen molar-refractivity contribution in [2.45, 2.75) is 19.4 Å². The van der Waals surface area contributed by atoms with Crippen molar-refractivity contribution in [1.29, 1.82) is 0 Å². The monoisotopic (exact) mass is 309 g/mol. The van der Waals surface area contributed by atoms with E-state index in [0.717, 1.165) is 31.9 Å². The van der Waals surface area contributed by atoms with Crippen molar-refractivity contribution in [3.8, 4) is 5.75 Å². The predicted molar refractivity (Wildman–Crippen MR) is 84.6 cm³/mol. The molecule has 1 aromatic carbocycles. The molecule has 0 aliphatic carbocycles. The quantitative estimate of drug-likeness (QED) is 0.656. The average molecular weight is 309 g/mol. The zero-order chi connectivity index (χ0) is 16.3. The smallest absolute Gasteiger partial charge is 0.312 e. The molecule has 0 amide bonds. The molecule has 2 rings (SSSR count). The van der Waals surface area contributed by atoms with Crippen LogP contribution >= 0.6 is 0 Å². The molecule has 1 aromatic rings. The fourth-order valence-corrected chi connectivity index (χ4v) is 2.29. The molecule has 0 spiro atoms. The van der Waals surface area contributed by atoms with Crippen molar-refractivity contribution >= 4 is 11.4 Å². The summed E-state index contributed by atoms with van der Waals surface area (Å²) in [6.07, 6.45) is 0. The van der Waals surface area contributed by atoms with Crippen molar-refractivity contribution in [3.63, 3.8) is 0 Å². The second kappa shape index (κ2) is 6.50. The van der Waals surface area contributed by atoms with E-state index in [1.807, 2.05) is 6.07 Å². The van der Waals surface area contributed by atoms with E-state index >= 15 is 0 Å². The first-order valence-corrected chi connectivity index (χ1v) is 7.33. The number of benzene rings is 1. The van der Waals surface area contributed by atoms with E-state index in [2.05, 4.69) is 16.8 Å². The summed E-state index contributed by atoms with van der Waals surface area (Å²) in [6, 6.07) is 4.99. The Hall–Kier alpha value is -1.86. The van der Waals surface area contributed by atoms with Crippen molar-refractivity contribution in [1.82, 2.24) is 4.90 Å². The average Bonchev–Trinajstić information content (AvgIpc) is 2.45. The van der Waals surface area contributed by atoms with Gasteiger partial charge < -0.3 is 19.6 Å². The van der Waals surface area contributed by atoms with Gasteiger partial charge in [-0.25, -0.2) is 0 Å². The zero-order valence-corrected chi connectivity index (χ0v) is 13.3. The van der Waals surface area contributed by atoms with E-state index in [-0.39, 0.29) is 18.0 Å². The van der Waals surface area contributed by atoms with Gasteiger partial charge in [-0.1, -0.05) is 0 Å². The molecule has 1 saturated heterocycles. The van der Waals surface area contributed by atoms with Crippen molar-refractivity contribution < 1.29 is 14.8 Å². The van der Waals surface area contributed by atoms with Gasteiger partial charge in [-0.15, -0.1) is 0 Å². The van der Waals surface area contributed by atoms with Crippen LogP contribution in [-0.2, 0) is 0 Å². The number of hydrogen-bond donors (Lipinski definition) is 1. The number of hydrogen-bond acceptors (Lipinski definition) is 6. The summed E-state index contributed by atoms with van der Waals surface area (Å²) < 4.78 is 5.40. The Labute approximate surface area is 130 Å². The van der Waals surface area contributed by atoms with Gasteiger partial charge in [0.05, 0.1) is 10.5 Å². The molecule has 0 saturated carbocycles. The van der Waals surface area contributed by atoms with Crippen LogP contribution in [0.5, 0.6) is 5.75 Å². The predicted octanol–water partition coefficient (Wildman–Crippen LogP) is 1.50. The van der Waals surface area contributed by atoms with Crippen LogP contribution in [-0.4, -0.2) is 60.4 Å². The van der Waals surface area contributed by atoms with Gasteiger partial charge in [-0.3, -0.25) is 10.1 Å². The SMILES string of the molecule is CN1CCN(c2ccc(OCC(C)(C)O)c([N+](=O)[O-])c2)CC1. The van der Waals surface area contributed by atoms with Gasteiger partial charge in [0.25, 0.3) is 0 Å². The van der Waals surface area contributed by atoms with Gasteiger partial charge in [0, 0.05) is 37.9 Å². The normalized spacial score (nSPS) is 16.6. The molecule has 1 N–H and O–H groups in total. The Morgan fingerprint density at radius 2 is 1.95 bits per heavy atom. The molecule has 22 heavy (non-hydrogen) atoms. The lowest BCUT2D eigenvalue weighted by atomic mass is 10.1. The molecule has 7 heteroatoms. The molecule has 0 bridgehead atoms. The maximum absolute atomic E-state index is 11.3. The number of anilines is 1. The standard InChI is InChI=1S/C15H23N3O4/c1-15(2,19)11-22-14-5-4-12(10-13(14)18(20)21)17-8-6-16(3)7-9-17/h4-5,10,19H,6-9,11H2,1-3H3. The Balaban J connectivity index is 2.18. The van der Waals surface area contributed by atoms with Gasteiger partial charge in [-0.05, 0) is 33.0 Å². The van der Waals surface area contributed by atoms with Gasteiger partial charge >= 0.3 is 5.69 Å². The van der Waals surface area contributed by atoms with E-state index in [1.54, 1.807) is 26.0 Å². The summed E-state index contributed by atoms with van der Waals surface area (Å²) in [5.74, 6) is 0.185. The molecule has 1 aliphatic heterocycles. The first kappa shape index (κ1) is 16.5. The Morgan fingerprint density at radius 1 is 1.32 bits per heavy atom. The van der Waals surface area contributed by atoms with Crippen LogP contribution < -0.4 is 9.64 Å². The zero-order valence-electron chi connectivity index (χ0n) is 13.3. The summed E-state index contributed by atoms with van der Waals surface area (Å²) in [7, 11) is 2.06. The van der Waals surface area contributed by atoms with Crippen LogP contribution in [0.3, 0.4) is 0 Å². The minimum absolute atomic E-state index is 0.00168. The summed E-state index contributed by atoms with van der Waals surface area (Å²) in [6.45, 7) is 6.75. The van der Waals surface area contributed by atoms with E-state index in [1.165, 1.54) is 0 Å². The molecule has 0 unspecified atom stereocenters. The third-order valence-electron chi connectivity index (χ3n) is 3.59. The molecule has 0 atom stereocenters. The van der Waals surface area contributed by atoms with Crippen LogP contribution in [0.1, 0.15) is 13.8 Å². The first-order valence-electron chi connectivity index (χ1n) is 7.33. The van der Waals surface area contributed by atoms with E-state index in [0.29, 0.717) is 0 Å². The molecular weight excluding hydrogens is 286 g/mol. The highest BCUT2D eigenvalue weighted by Gasteiger charge is 2.22. The lowest BCUT2D eigenvalue weighted by Gasteiger charge is -2.34. The van der Waals surface area contributed by atoms with Crippen molar-refractivity contribution in [3.05, 3.63) is 28.3 Å². The largest absolute Gasteiger partial charge is 0.484 e. The van der Waals surface area contributed by atoms with Crippen molar-refractivity contribution in [2.24, 2.45) is 0 Å². The first-order chi connectivity index (χ1) is 10.3. The number of piperazine rings is 1. The molecule has 1 heterocycles. The number of ether oxygens (including phenoxy) is 1. The number of aliphatic hydroxyl groups is 1. The summed E-state index contributed by atoms with van der Waals surface area (Å²) in [5.41, 5.74) is -0.277. The third kappa shape index (κ3) is 4.32. The van der Waals surface area contributed by atoms with Gasteiger partial charge in [-0.2, -0.15) is 0 Å². The molecular formula is C15H23N3O4. The number of rotatable bonds is 5. The molecule has 0 radical (unpaired) electrons. The van der Waals surface area contributed by atoms with Crippen LogP contribution in [0.4, 0.5) is 11.4 Å². The molecule has 1 fully saturated rings. The number of nitrogens with zero attached hydrogens (tertiary/aromatic N) is 3. The highest BCUT2D eigenvalue weighted by atomic mass is 16.6.